The molecule has 0 heterocycles. The Bertz CT molecular complexity index is 585. The second kappa shape index (κ2) is 5.38. The van der Waals surface area contributed by atoms with E-state index in [0.717, 1.165) is 6.07 Å². The van der Waals surface area contributed by atoms with E-state index in [-0.39, 0.29) is 15.6 Å². The molecule has 5 heteroatoms. The van der Waals surface area contributed by atoms with Gasteiger partial charge in [0.15, 0.2) is 0 Å². The van der Waals surface area contributed by atoms with Gasteiger partial charge in [-0.15, -0.1) is 0 Å². The van der Waals surface area contributed by atoms with E-state index in [1.807, 2.05) is 0 Å². The fourth-order valence-corrected chi connectivity index (χ4v) is 1.79. The maximum atomic E-state index is 13.3. The average Bonchev–Trinajstić information content (AvgIpc) is 2.35. The van der Waals surface area contributed by atoms with Gasteiger partial charge in [0.2, 0.25) is 0 Å². The third-order valence-electron chi connectivity index (χ3n) is 2.18. The number of halogens is 3. The van der Waals surface area contributed by atoms with Crippen molar-refractivity contribution in [1.82, 2.24) is 0 Å². The molecule has 0 fully saturated rings. The number of esters is 1. The fraction of sp³-hybridized carbons (Fsp3) is 0. The number of para-hydroxylation sites is 1. The molecular formula is C13H7Cl2FO2. The van der Waals surface area contributed by atoms with Gasteiger partial charge < -0.3 is 4.74 Å². The monoisotopic (exact) mass is 284 g/mol. The van der Waals surface area contributed by atoms with Crippen LogP contribution in [0.5, 0.6) is 5.75 Å². The first-order valence-electron chi connectivity index (χ1n) is 4.99. The van der Waals surface area contributed by atoms with Gasteiger partial charge in [0.25, 0.3) is 0 Å². The number of carbonyl (C=O) groups is 1. The molecule has 2 aromatic carbocycles. The van der Waals surface area contributed by atoms with Crippen molar-refractivity contribution in [3.8, 4) is 5.75 Å². The molecule has 18 heavy (non-hydrogen) atoms. The zero-order valence-electron chi connectivity index (χ0n) is 8.99. The topological polar surface area (TPSA) is 26.3 Å². The molecule has 0 aliphatic carbocycles. The number of hydrogen-bond acceptors (Lipinski definition) is 2. The highest BCUT2D eigenvalue weighted by molar-refractivity contribution is 6.36. The second-order valence-electron chi connectivity index (χ2n) is 3.45. The Morgan fingerprint density at radius 2 is 1.72 bits per heavy atom. The summed E-state index contributed by atoms with van der Waals surface area (Å²) in [6, 6.07) is 10.6. The SMILES string of the molecule is O=C(Oc1ccccc1)c1cc(F)c(Cl)cc1Cl. The molecule has 0 aliphatic rings. The molecule has 2 rings (SSSR count). The molecule has 0 atom stereocenters. The number of carbonyl (C=O) groups excluding carboxylic acids is 1. The standard InChI is InChI=1S/C13H7Cl2FO2/c14-10-7-11(15)12(16)6-9(10)13(17)18-8-4-2-1-3-5-8/h1-7H. The Hall–Kier alpha value is -1.58. The van der Waals surface area contributed by atoms with Gasteiger partial charge in [0.1, 0.15) is 11.6 Å². The van der Waals surface area contributed by atoms with Gasteiger partial charge in [-0.1, -0.05) is 41.4 Å². The van der Waals surface area contributed by atoms with Crippen LogP contribution in [0.3, 0.4) is 0 Å². The van der Waals surface area contributed by atoms with Crippen molar-refractivity contribution in [2.75, 3.05) is 0 Å². The summed E-state index contributed by atoms with van der Waals surface area (Å²) in [4.78, 5) is 11.8. The number of hydrogen-bond donors (Lipinski definition) is 0. The Balaban J connectivity index is 2.27. The third-order valence-corrected chi connectivity index (χ3v) is 2.79. The summed E-state index contributed by atoms with van der Waals surface area (Å²) in [6.07, 6.45) is 0. The second-order valence-corrected chi connectivity index (χ2v) is 4.26. The van der Waals surface area contributed by atoms with E-state index in [9.17, 15) is 9.18 Å². The van der Waals surface area contributed by atoms with Crippen LogP contribution in [-0.4, -0.2) is 5.97 Å². The Morgan fingerprint density at radius 1 is 1.06 bits per heavy atom. The van der Waals surface area contributed by atoms with Gasteiger partial charge in [0.05, 0.1) is 15.6 Å². The van der Waals surface area contributed by atoms with E-state index < -0.39 is 11.8 Å². The summed E-state index contributed by atoms with van der Waals surface area (Å²) in [5, 5.41) is -0.0985. The quantitative estimate of drug-likeness (QED) is 0.466. The normalized spacial score (nSPS) is 10.2. The lowest BCUT2D eigenvalue weighted by Crippen LogP contribution is -2.09. The molecule has 0 radical (unpaired) electrons. The van der Waals surface area contributed by atoms with Crippen LogP contribution in [0.2, 0.25) is 10.0 Å². The predicted molar refractivity (Wildman–Crippen MR) is 67.8 cm³/mol. The summed E-state index contributed by atoms with van der Waals surface area (Å²) in [5.74, 6) is -1.10. The maximum Gasteiger partial charge on any atom is 0.345 e. The van der Waals surface area contributed by atoms with Crippen molar-refractivity contribution in [2.45, 2.75) is 0 Å². The van der Waals surface area contributed by atoms with E-state index in [2.05, 4.69) is 0 Å². The van der Waals surface area contributed by atoms with E-state index in [4.69, 9.17) is 27.9 Å². The molecule has 0 bridgehead atoms. The molecule has 0 unspecified atom stereocenters. The lowest BCUT2D eigenvalue weighted by atomic mass is 10.2. The minimum absolute atomic E-state index is 0.0438. The zero-order valence-corrected chi connectivity index (χ0v) is 10.5. The first-order valence-corrected chi connectivity index (χ1v) is 5.75. The summed E-state index contributed by atoms with van der Waals surface area (Å²) in [6.45, 7) is 0. The van der Waals surface area contributed by atoms with Crippen LogP contribution < -0.4 is 4.74 Å². The summed E-state index contributed by atoms with van der Waals surface area (Å²) in [7, 11) is 0. The van der Waals surface area contributed by atoms with Crippen molar-refractivity contribution < 1.29 is 13.9 Å². The smallest absolute Gasteiger partial charge is 0.345 e. The summed E-state index contributed by atoms with van der Waals surface area (Å²) in [5.41, 5.74) is -0.0672. The van der Waals surface area contributed by atoms with Gasteiger partial charge >= 0.3 is 5.97 Å². The molecule has 2 aromatic rings. The van der Waals surface area contributed by atoms with Crippen molar-refractivity contribution in [3.63, 3.8) is 0 Å². The summed E-state index contributed by atoms with van der Waals surface area (Å²) >= 11 is 11.3. The highest BCUT2D eigenvalue weighted by atomic mass is 35.5. The Kier molecular flexibility index (Phi) is 3.84. The zero-order chi connectivity index (χ0) is 13.1. The van der Waals surface area contributed by atoms with Crippen LogP contribution in [0.1, 0.15) is 10.4 Å². The van der Waals surface area contributed by atoms with Gasteiger partial charge in [-0.2, -0.15) is 0 Å². The van der Waals surface area contributed by atoms with Gasteiger partial charge in [-0.25, -0.2) is 9.18 Å². The lowest BCUT2D eigenvalue weighted by Gasteiger charge is -2.06. The van der Waals surface area contributed by atoms with Crippen molar-refractivity contribution in [2.24, 2.45) is 0 Å². The first kappa shape index (κ1) is 12.9. The molecule has 0 aromatic heterocycles. The molecule has 0 aliphatic heterocycles. The van der Waals surface area contributed by atoms with Crippen LogP contribution in [0.25, 0.3) is 0 Å². The molecular weight excluding hydrogens is 278 g/mol. The molecule has 0 saturated carbocycles. The highest BCUT2D eigenvalue weighted by Gasteiger charge is 2.16. The van der Waals surface area contributed by atoms with E-state index in [1.165, 1.54) is 6.07 Å². The minimum atomic E-state index is -0.734. The highest BCUT2D eigenvalue weighted by Crippen LogP contribution is 2.25. The number of ether oxygens (including phenoxy) is 1. The minimum Gasteiger partial charge on any atom is -0.423 e. The van der Waals surface area contributed by atoms with Crippen molar-refractivity contribution in [3.05, 3.63) is 63.9 Å². The Labute approximate surface area is 113 Å². The third kappa shape index (κ3) is 2.81. The predicted octanol–water partition coefficient (Wildman–Crippen LogP) is 4.35. The van der Waals surface area contributed by atoms with Crippen LogP contribution in [-0.2, 0) is 0 Å². The molecule has 2 nitrogen and oxygen atoms in total. The lowest BCUT2D eigenvalue weighted by molar-refractivity contribution is 0.0734. The van der Waals surface area contributed by atoms with Crippen molar-refractivity contribution in [1.29, 1.82) is 0 Å². The van der Waals surface area contributed by atoms with Crippen LogP contribution in [0, 0.1) is 5.82 Å². The van der Waals surface area contributed by atoms with Crippen LogP contribution in [0.15, 0.2) is 42.5 Å². The van der Waals surface area contributed by atoms with Crippen LogP contribution >= 0.6 is 23.2 Å². The van der Waals surface area contributed by atoms with E-state index in [1.54, 1.807) is 30.3 Å². The van der Waals surface area contributed by atoms with Gasteiger partial charge in [0, 0.05) is 0 Å². The molecule has 0 spiro atoms. The first-order chi connectivity index (χ1) is 8.58. The van der Waals surface area contributed by atoms with E-state index in [0.29, 0.717) is 5.75 Å². The summed E-state index contributed by atoms with van der Waals surface area (Å²) < 4.78 is 18.3. The van der Waals surface area contributed by atoms with Gasteiger partial charge in [-0.05, 0) is 24.3 Å². The van der Waals surface area contributed by atoms with Crippen LogP contribution in [0.4, 0.5) is 4.39 Å². The average molecular weight is 285 g/mol. The molecule has 0 saturated heterocycles. The number of benzene rings is 2. The molecule has 92 valence electrons. The Morgan fingerprint density at radius 3 is 2.39 bits per heavy atom. The van der Waals surface area contributed by atoms with E-state index >= 15 is 0 Å². The van der Waals surface area contributed by atoms with Gasteiger partial charge in [-0.3, -0.25) is 0 Å². The largest absolute Gasteiger partial charge is 0.423 e. The number of rotatable bonds is 2. The van der Waals surface area contributed by atoms with Crippen molar-refractivity contribution >= 4 is 29.2 Å². The fourth-order valence-electron chi connectivity index (χ4n) is 1.33. The maximum absolute atomic E-state index is 13.3. The molecule has 0 N–H and O–H groups in total. The molecule has 0 amide bonds.